The summed E-state index contributed by atoms with van der Waals surface area (Å²) >= 11 is 19.6. The molecule has 0 bridgehead atoms. The fourth-order valence-electron chi connectivity index (χ4n) is 14.5. The van der Waals surface area contributed by atoms with E-state index >= 15 is 0 Å². The molecule has 0 fully saturated rings. The van der Waals surface area contributed by atoms with E-state index in [9.17, 15) is 37.1 Å². The second kappa shape index (κ2) is 36.4. The zero-order chi connectivity index (χ0) is 79.9. The molecule has 586 valence electrons. The molecule has 10 heterocycles. The number of ether oxygens (including phenoxy) is 5. The van der Waals surface area contributed by atoms with Crippen LogP contribution in [-0.4, -0.2) is 81.1 Å². The lowest BCUT2D eigenvalue weighted by molar-refractivity contribution is -0.139. The van der Waals surface area contributed by atoms with Crippen molar-refractivity contribution in [3.05, 3.63) is 321 Å². The molecule has 0 aliphatic carbocycles. The number of thioether (sulfide) groups is 5. The molecule has 5 aliphatic rings. The Morgan fingerprint density at radius 3 is 1.04 bits per heavy atom. The monoisotopic (exact) mass is 1670 g/mol. The maximum absolute atomic E-state index is 13.2. The Balaban J connectivity index is 0.000000118. The lowest BCUT2D eigenvalue weighted by Crippen LogP contribution is -2.27. The van der Waals surface area contributed by atoms with Gasteiger partial charge in [0.2, 0.25) is 0 Å². The number of H-pyrrole nitrogens is 5. The Bertz CT molecular complexity index is 5920. The number of nitrogens with one attached hydrogen (secondary N) is 5. The second-order valence-corrected chi connectivity index (χ2v) is 31.7. The number of alkyl halides is 3. The minimum Gasteiger partial charge on any atom is -0.368 e. The van der Waals surface area contributed by atoms with E-state index in [-0.39, 0.29) is 84.0 Å². The molecule has 20 nitrogen and oxygen atoms in total. The summed E-state index contributed by atoms with van der Waals surface area (Å²) in [6.07, 6.45) is 6.20. The van der Waals surface area contributed by atoms with Crippen molar-refractivity contribution in [2.45, 2.75) is 135 Å². The van der Waals surface area contributed by atoms with Crippen molar-refractivity contribution >= 4 is 114 Å². The van der Waals surface area contributed by atoms with Crippen molar-refractivity contribution in [3.8, 4) is 0 Å². The van der Waals surface area contributed by atoms with Gasteiger partial charge in [-0.3, -0.25) is 24.0 Å². The number of benzene rings is 8. The molecule has 114 heavy (non-hydrogen) atoms. The van der Waals surface area contributed by atoms with Gasteiger partial charge in [-0.15, -0.1) is 0 Å². The summed E-state index contributed by atoms with van der Waals surface area (Å²) in [7, 11) is 0. The van der Waals surface area contributed by atoms with Crippen LogP contribution in [0.1, 0.15) is 126 Å². The van der Waals surface area contributed by atoms with Crippen molar-refractivity contribution < 1.29 is 36.9 Å². The quantitative estimate of drug-likeness (QED) is 0.0628. The molecular weight excluding hydrogens is 1600 g/mol. The van der Waals surface area contributed by atoms with E-state index < -0.39 is 17.8 Å². The molecule has 5 aromatic heterocycles. The Morgan fingerprint density at radius 2 is 0.632 bits per heavy atom. The molecule has 13 aromatic rings. The summed E-state index contributed by atoms with van der Waals surface area (Å²) in [4.78, 5) is 96.5. The van der Waals surface area contributed by atoms with Gasteiger partial charge < -0.3 is 48.6 Å². The lowest BCUT2D eigenvalue weighted by Gasteiger charge is -2.26. The molecule has 8 aromatic carbocycles. The molecule has 30 heteroatoms. The molecule has 5 unspecified atom stereocenters. The van der Waals surface area contributed by atoms with E-state index in [4.69, 9.17) is 46.9 Å². The van der Waals surface area contributed by atoms with Gasteiger partial charge in [0.15, 0.2) is 25.8 Å². The van der Waals surface area contributed by atoms with Crippen LogP contribution in [0, 0.1) is 6.92 Å². The van der Waals surface area contributed by atoms with Crippen LogP contribution in [0.25, 0.3) is 32.3 Å². The van der Waals surface area contributed by atoms with E-state index in [2.05, 4.69) is 123 Å². The number of hydrogen-bond donors (Lipinski definition) is 5. The van der Waals surface area contributed by atoms with Gasteiger partial charge in [0.05, 0.1) is 125 Å². The predicted octanol–water partition coefficient (Wildman–Crippen LogP) is 17.6. The first-order valence-corrected chi connectivity index (χ1v) is 43.0. The number of rotatable bonds is 10. The highest BCUT2D eigenvalue weighted by Gasteiger charge is 2.38. The van der Waals surface area contributed by atoms with Crippen LogP contribution >= 0.6 is 82.0 Å². The minimum absolute atomic E-state index is 0.0524. The summed E-state index contributed by atoms with van der Waals surface area (Å²) in [6, 6.07) is 52.0. The third-order valence-corrected chi connectivity index (χ3v) is 23.7. The maximum Gasteiger partial charge on any atom is 0.416 e. The zero-order valence-electron chi connectivity index (χ0n) is 62.3. The molecule has 0 saturated heterocycles. The molecule has 0 amide bonds. The Hall–Kier alpha value is -9.14. The standard InChI is InChI=1S/C19H18N2O2S.C18H15ClN2O2S.C18H16N2O2S.C15H13F3N2O2S.C14H13ClN2O2S/c1-11-5-3-6-12-7-4-8-13(17(11)12)16-9-15-14(10-23-16)18(22)21-19(20-15)24-2;1-24-18-20-14-8-15(23-9-12(14)17(22)21-18)11-6-2-4-10-5-3-7-13(19)16(10)11;1-23-18-19-15-9-16(22-10-14(15)17(21)20-18)13-8-4-6-11-5-2-3-7-12(11)13;1-23-14-19-11-6-12(22-7-9(11)13(21)20-14)8-4-2-3-5-10(8)15(16,17)18;1-20-14-16-11-6-12(8-4-2-3-5-10(8)15)19-7-9(11)13(18)17-14/h3-8,16H,9-10H2,1-2H3,(H,20,21,22);2-7,15H,8-9H2,1H3,(H,20,21,22);2-8,16H,9-10H2,1H3,(H,19,20,21);2-5,12H,6-7H2,1H3,(H,19,20,21);2-5,12H,6-7H2,1H3,(H,16,17,18). The molecule has 5 N–H and O–H groups in total. The summed E-state index contributed by atoms with van der Waals surface area (Å²) in [5, 5.41) is 11.3. The lowest BCUT2D eigenvalue weighted by atomic mass is 9.93. The molecular formula is C84H75Cl2F3N10O10S5. The Morgan fingerprint density at radius 1 is 0.342 bits per heavy atom. The van der Waals surface area contributed by atoms with Crippen molar-refractivity contribution in [1.82, 2.24) is 49.8 Å². The van der Waals surface area contributed by atoms with Crippen LogP contribution in [0.4, 0.5) is 13.2 Å². The average molecular weight is 1670 g/mol. The first kappa shape index (κ1) is 81.4. The molecule has 18 rings (SSSR count). The average Bonchev–Trinajstić information content (AvgIpc) is 0.789. The number of halogens is 5. The van der Waals surface area contributed by atoms with Crippen molar-refractivity contribution in [3.63, 3.8) is 0 Å². The molecule has 0 radical (unpaired) electrons. The van der Waals surface area contributed by atoms with E-state index in [1.165, 1.54) is 104 Å². The highest BCUT2D eigenvalue weighted by molar-refractivity contribution is 7.99. The van der Waals surface area contributed by atoms with E-state index in [0.29, 0.717) is 108 Å². The number of hydrogen-bond acceptors (Lipinski definition) is 20. The van der Waals surface area contributed by atoms with Crippen LogP contribution < -0.4 is 27.8 Å². The van der Waals surface area contributed by atoms with Gasteiger partial charge in [-0.1, -0.05) is 228 Å². The highest BCUT2D eigenvalue weighted by Crippen LogP contribution is 2.42. The normalized spacial score (nSPS) is 17.3. The zero-order valence-corrected chi connectivity index (χ0v) is 67.9. The van der Waals surface area contributed by atoms with Gasteiger partial charge in [0, 0.05) is 47.5 Å². The first-order valence-electron chi connectivity index (χ1n) is 36.1. The van der Waals surface area contributed by atoms with E-state index in [0.717, 1.165) is 56.3 Å². The van der Waals surface area contributed by atoms with Crippen molar-refractivity contribution in [2.24, 2.45) is 0 Å². The Labute approximate surface area is 682 Å². The van der Waals surface area contributed by atoms with E-state index in [1.807, 2.05) is 97.8 Å². The number of aryl methyl sites for hydroxylation is 1. The van der Waals surface area contributed by atoms with Crippen LogP contribution in [0.2, 0.25) is 10.0 Å². The van der Waals surface area contributed by atoms with Gasteiger partial charge >= 0.3 is 6.18 Å². The maximum atomic E-state index is 13.2. The molecule has 5 aliphatic heterocycles. The summed E-state index contributed by atoms with van der Waals surface area (Å²) in [5.74, 6) is 0. The van der Waals surface area contributed by atoms with Gasteiger partial charge in [-0.25, -0.2) is 24.9 Å². The fraction of sp³-hybridized carbons (Fsp3) is 0.262. The fourth-order valence-corrected chi connectivity index (χ4v) is 17.0. The first-order chi connectivity index (χ1) is 55.2. The number of fused-ring (bicyclic) bond motifs is 8. The van der Waals surface area contributed by atoms with Gasteiger partial charge in [0.1, 0.15) is 0 Å². The molecule has 0 saturated carbocycles. The third kappa shape index (κ3) is 18.1. The molecule has 5 atom stereocenters. The van der Waals surface area contributed by atoms with Gasteiger partial charge in [0.25, 0.3) is 27.8 Å². The third-order valence-electron chi connectivity index (χ3n) is 20.2. The smallest absolute Gasteiger partial charge is 0.368 e. The van der Waals surface area contributed by atoms with Gasteiger partial charge in [-0.2, -0.15) is 13.2 Å². The summed E-state index contributed by atoms with van der Waals surface area (Å²) in [6.45, 7) is 3.21. The summed E-state index contributed by atoms with van der Waals surface area (Å²) < 4.78 is 68.8. The van der Waals surface area contributed by atoms with Crippen LogP contribution in [0.3, 0.4) is 0 Å². The van der Waals surface area contributed by atoms with E-state index in [1.54, 1.807) is 12.3 Å². The topological polar surface area (TPSA) is 275 Å². The number of aromatic nitrogens is 10. The predicted molar refractivity (Wildman–Crippen MR) is 444 cm³/mol. The van der Waals surface area contributed by atoms with Crippen molar-refractivity contribution in [2.75, 3.05) is 31.3 Å². The number of nitrogens with zero attached hydrogens (tertiary/aromatic N) is 5. The SMILES string of the molecule is CSc1nc2c(c(=O)[nH]1)COC(c1cccc3cccc(C)c13)C2.CSc1nc2c(c(=O)[nH]1)COC(c1cccc3cccc(Cl)c13)C2.CSc1nc2c(c(=O)[nH]1)COC(c1cccc3ccccc13)C2.CSc1nc2c(c(=O)[nH]1)COC(c1ccccc1C(F)(F)F)C2.CSc1nc2c(c(=O)[nH]1)COC(c1ccccc1Cl)C2. The Kier molecular flexibility index (Phi) is 26.0. The van der Waals surface area contributed by atoms with Crippen LogP contribution in [0.15, 0.2) is 214 Å². The second-order valence-electron chi connectivity index (χ2n) is 26.9. The number of aromatic amines is 5. The molecule has 0 spiro atoms. The highest BCUT2D eigenvalue weighted by atomic mass is 35.5. The minimum atomic E-state index is -4.45. The van der Waals surface area contributed by atoms with Crippen LogP contribution in [0.5, 0.6) is 0 Å². The van der Waals surface area contributed by atoms with Gasteiger partial charge in [-0.05, 0) is 117 Å². The largest absolute Gasteiger partial charge is 0.416 e. The van der Waals surface area contributed by atoms with Crippen LogP contribution in [-0.2, 0) is 95.0 Å². The van der Waals surface area contributed by atoms with Crippen molar-refractivity contribution in [1.29, 1.82) is 0 Å². The summed E-state index contributed by atoms with van der Waals surface area (Å²) in [5.41, 5.74) is 10.9.